The third-order valence-corrected chi connectivity index (χ3v) is 5.90. The van der Waals surface area contributed by atoms with Gasteiger partial charge in [0.05, 0.1) is 5.92 Å². The average Bonchev–Trinajstić information content (AvgIpc) is 2.89. The molecule has 0 aliphatic rings. The number of carboxylic acids is 1. The molecule has 7 nitrogen and oxygen atoms in total. The number of rotatable bonds is 9. The normalized spacial score (nSPS) is 12.9. The van der Waals surface area contributed by atoms with Gasteiger partial charge in [-0.3, -0.25) is 9.59 Å². The van der Waals surface area contributed by atoms with E-state index in [1.165, 1.54) is 0 Å². The average molecular weight is 537 g/mol. The van der Waals surface area contributed by atoms with Crippen molar-refractivity contribution in [2.75, 3.05) is 0 Å². The van der Waals surface area contributed by atoms with Crippen molar-refractivity contribution in [2.24, 2.45) is 17.6 Å². The highest BCUT2D eigenvalue weighted by Crippen LogP contribution is 2.31. The molecule has 200 valence electrons. The van der Waals surface area contributed by atoms with Gasteiger partial charge in [-0.05, 0) is 53.8 Å². The van der Waals surface area contributed by atoms with Crippen LogP contribution in [-0.2, 0) is 14.3 Å². The highest BCUT2D eigenvalue weighted by molar-refractivity contribution is 6.30. The second-order valence-electron chi connectivity index (χ2n) is 9.31. The number of para-hydroxylation sites is 1. The lowest BCUT2D eigenvalue weighted by molar-refractivity contribution is -0.150. The number of nitrogens with zero attached hydrogens (tertiary/aromatic N) is 1. The van der Waals surface area contributed by atoms with Crippen molar-refractivity contribution in [1.82, 2.24) is 0 Å². The molecule has 0 aliphatic carbocycles. The minimum absolute atomic E-state index is 0.00855. The smallest absolute Gasteiger partial charge is 0.320 e. The van der Waals surface area contributed by atoms with Crippen molar-refractivity contribution in [3.8, 4) is 17.6 Å². The van der Waals surface area contributed by atoms with Gasteiger partial charge in [0.15, 0.2) is 0 Å². The Morgan fingerprint density at radius 3 is 1.97 bits per heavy atom. The fourth-order valence-electron chi connectivity index (χ4n) is 3.47. The molecular formula is C30H33ClN2O5. The van der Waals surface area contributed by atoms with Gasteiger partial charge in [0, 0.05) is 10.6 Å². The van der Waals surface area contributed by atoms with Crippen LogP contribution in [-0.4, -0.2) is 23.1 Å². The number of esters is 1. The maximum absolute atomic E-state index is 13.0. The van der Waals surface area contributed by atoms with Crippen LogP contribution in [0.2, 0.25) is 5.02 Å². The summed E-state index contributed by atoms with van der Waals surface area (Å²) < 4.78 is 11.4. The summed E-state index contributed by atoms with van der Waals surface area (Å²) in [7, 11) is 0. The third-order valence-electron chi connectivity index (χ3n) is 5.64. The van der Waals surface area contributed by atoms with E-state index >= 15 is 0 Å². The van der Waals surface area contributed by atoms with E-state index in [-0.39, 0.29) is 11.8 Å². The van der Waals surface area contributed by atoms with Crippen molar-refractivity contribution < 1.29 is 24.2 Å². The van der Waals surface area contributed by atoms with E-state index < -0.39 is 30.0 Å². The van der Waals surface area contributed by atoms with Crippen LogP contribution >= 0.6 is 11.6 Å². The summed E-state index contributed by atoms with van der Waals surface area (Å²) in [4.78, 5) is 23.0. The van der Waals surface area contributed by atoms with E-state index in [1.807, 2.05) is 56.3 Å². The highest BCUT2D eigenvalue weighted by atomic mass is 35.5. The molecule has 8 heteroatoms. The second-order valence-corrected chi connectivity index (χ2v) is 9.75. The molecule has 0 aromatic heterocycles. The van der Waals surface area contributed by atoms with E-state index in [2.05, 4.69) is 6.07 Å². The number of hydrogen-bond donors (Lipinski definition) is 2. The van der Waals surface area contributed by atoms with Gasteiger partial charge in [0.1, 0.15) is 23.6 Å². The number of ether oxygens (including phenoxy) is 2. The first-order valence-electron chi connectivity index (χ1n) is 12.2. The summed E-state index contributed by atoms with van der Waals surface area (Å²) >= 11 is 5.96. The van der Waals surface area contributed by atoms with E-state index in [4.69, 9.17) is 31.9 Å². The molecule has 0 heterocycles. The summed E-state index contributed by atoms with van der Waals surface area (Å²) in [6.07, 6.45) is -1.04. The molecule has 3 rings (SSSR count). The number of carbonyl (C=O) groups excluding carboxylic acids is 1. The Morgan fingerprint density at radius 2 is 1.47 bits per heavy atom. The van der Waals surface area contributed by atoms with E-state index in [0.29, 0.717) is 22.1 Å². The van der Waals surface area contributed by atoms with Crippen LogP contribution in [0.4, 0.5) is 0 Å². The molecule has 3 atom stereocenters. The van der Waals surface area contributed by atoms with Crippen LogP contribution in [0.1, 0.15) is 50.8 Å². The molecule has 0 spiro atoms. The Labute approximate surface area is 228 Å². The molecule has 0 aliphatic heterocycles. The molecule has 0 radical (unpaired) electrons. The molecule has 0 bridgehead atoms. The number of nitriles is 1. The first-order valence-corrected chi connectivity index (χ1v) is 12.6. The molecule has 0 fully saturated rings. The molecule has 2 unspecified atom stereocenters. The van der Waals surface area contributed by atoms with Gasteiger partial charge >= 0.3 is 11.9 Å². The van der Waals surface area contributed by atoms with Crippen LogP contribution in [0.15, 0.2) is 78.9 Å². The van der Waals surface area contributed by atoms with Crippen LogP contribution in [0, 0.1) is 23.2 Å². The van der Waals surface area contributed by atoms with Crippen molar-refractivity contribution >= 4 is 23.5 Å². The number of carbonyl (C=O) groups is 2. The molecule has 38 heavy (non-hydrogen) atoms. The summed E-state index contributed by atoms with van der Waals surface area (Å²) in [6, 6.07) is 24.8. The number of benzene rings is 3. The Morgan fingerprint density at radius 1 is 0.868 bits per heavy atom. The molecule has 0 amide bonds. The molecule has 0 saturated heterocycles. The number of carboxylic acid groups (broad SMARTS) is 1. The standard InChI is InChI=1S/C25H22ClNO3.C5H11NO2/c1-17(2)24(18-11-13-20(26)14-12-18)25(28)30-23(16-27)19-7-6-10-22(15-19)29-21-8-4-3-5-9-21;1-3(2)4(6)5(7)8/h3-15,17,23-24H,1-2H3;3-4H,6H2,1-2H3,(H,7,8)/t;4-/m.0/s1. The summed E-state index contributed by atoms with van der Waals surface area (Å²) in [5, 5.41) is 18.5. The molecular weight excluding hydrogens is 504 g/mol. The Balaban J connectivity index is 0.000000550. The number of nitrogens with two attached hydrogens (primary N) is 1. The fraction of sp³-hybridized carbons (Fsp3) is 0.300. The van der Waals surface area contributed by atoms with E-state index in [0.717, 1.165) is 5.56 Å². The van der Waals surface area contributed by atoms with Gasteiger partial charge in [-0.25, -0.2) is 0 Å². The monoisotopic (exact) mass is 536 g/mol. The Hall–Kier alpha value is -3.86. The topological polar surface area (TPSA) is 123 Å². The Bertz CT molecular complexity index is 1220. The van der Waals surface area contributed by atoms with Crippen LogP contribution in [0.3, 0.4) is 0 Å². The Kier molecular flexibility index (Phi) is 11.8. The van der Waals surface area contributed by atoms with E-state index in [1.54, 1.807) is 50.2 Å². The largest absolute Gasteiger partial charge is 0.480 e. The predicted molar refractivity (Wildman–Crippen MR) is 147 cm³/mol. The lowest BCUT2D eigenvalue weighted by Gasteiger charge is -2.22. The lowest BCUT2D eigenvalue weighted by Crippen LogP contribution is -2.34. The van der Waals surface area contributed by atoms with Gasteiger partial charge in [-0.2, -0.15) is 5.26 Å². The van der Waals surface area contributed by atoms with Gasteiger partial charge in [-0.15, -0.1) is 0 Å². The van der Waals surface area contributed by atoms with Crippen LogP contribution < -0.4 is 10.5 Å². The lowest BCUT2D eigenvalue weighted by atomic mass is 9.88. The zero-order valence-electron chi connectivity index (χ0n) is 21.9. The number of aliphatic carboxylic acids is 1. The predicted octanol–water partition coefficient (Wildman–Crippen LogP) is 6.73. The molecule has 0 saturated carbocycles. The highest BCUT2D eigenvalue weighted by Gasteiger charge is 2.29. The van der Waals surface area contributed by atoms with Crippen molar-refractivity contribution in [2.45, 2.75) is 45.8 Å². The van der Waals surface area contributed by atoms with Gasteiger partial charge in [-0.1, -0.05) is 81.8 Å². The van der Waals surface area contributed by atoms with Crippen molar-refractivity contribution in [3.63, 3.8) is 0 Å². The van der Waals surface area contributed by atoms with Crippen LogP contribution in [0.5, 0.6) is 11.5 Å². The van der Waals surface area contributed by atoms with Crippen LogP contribution in [0.25, 0.3) is 0 Å². The second kappa shape index (κ2) is 14.8. The molecule has 3 aromatic rings. The van der Waals surface area contributed by atoms with Gasteiger partial charge in [0.25, 0.3) is 0 Å². The first kappa shape index (κ1) is 30.4. The van der Waals surface area contributed by atoms with Crippen molar-refractivity contribution in [1.29, 1.82) is 5.26 Å². The molecule has 3 N–H and O–H groups in total. The quantitative estimate of drug-likeness (QED) is 0.290. The first-order chi connectivity index (χ1) is 18.0. The SMILES string of the molecule is CC(C)C(C(=O)OC(C#N)c1cccc(Oc2ccccc2)c1)c1ccc(Cl)cc1.CC(C)[C@H](N)C(=O)O. The summed E-state index contributed by atoms with van der Waals surface area (Å²) in [5.74, 6) is -0.621. The zero-order chi connectivity index (χ0) is 28.2. The third kappa shape index (κ3) is 9.22. The minimum atomic E-state index is -1.04. The minimum Gasteiger partial charge on any atom is -0.480 e. The summed E-state index contributed by atoms with van der Waals surface area (Å²) in [6.45, 7) is 7.43. The maximum atomic E-state index is 13.0. The molecule has 3 aromatic carbocycles. The van der Waals surface area contributed by atoms with E-state index in [9.17, 15) is 14.9 Å². The summed E-state index contributed by atoms with van der Waals surface area (Å²) in [5.41, 5.74) is 6.52. The number of halogens is 1. The zero-order valence-corrected chi connectivity index (χ0v) is 22.6. The van der Waals surface area contributed by atoms with Crippen molar-refractivity contribution in [3.05, 3.63) is 95.0 Å². The fourth-order valence-corrected chi connectivity index (χ4v) is 3.60. The maximum Gasteiger partial charge on any atom is 0.320 e. The van der Waals surface area contributed by atoms with Gasteiger partial charge < -0.3 is 20.3 Å². The number of hydrogen-bond acceptors (Lipinski definition) is 6. The van der Waals surface area contributed by atoms with Gasteiger partial charge in [0.2, 0.25) is 6.10 Å².